The Morgan fingerprint density at radius 1 is 1.31 bits per heavy atom. The van der Waals surface area contributed by atoms with Crippen LogP contribution in [0, 0.1) is 5.41 Å². The van der Waals surface area contributed by atoms with Crippen molar-refractivity contribution in [2.75, 3.05) is 0 Å². The van der Waals surface area contributed by atoms with E-state index in [1.807, 2.05) is 0 Å². The number of para-hydroxylation sites is 1. The van der Waals surface area contributed by atoms with Crippen LogP contribution >= 0.6 is 0 Å². The van der Waals surface area contributed by atoms with Crippen LogP contribution in [0.4, 0.5) is 0 Å². The summed E-state index contributed by atoms with van der Waals surface area (Å²) in [5.74, 6) is -1.77. The monoisotopic (exact) mass is 247 g/mol. The standard InChI is InChI=1S/C7H6O6S.CH3N/c8-7(9)5-3-1-2-4-6(5)13-14(10,11)12;1-2/h1-4H,(H,8,9)(H,10,11,12);2H,1H2. The lowest BCUT2D eigenvalue weighted by Crippen LogP contribution is -2.10. The number of hydrogen-bond donors (Lipinski definition) is 3. The Labute approximate surface area is 91.8 Å². The van der Waals surface area contributed by atoms with Gasteiger partial charge in [0.1, 0.15) is 5.56 Å². The number of aromatic carboxylic acids is 1. The van der Waals surface area contributed by atoms with E-state index in [1.54, 1.807) is 0 Å². The normalized spacial score (nSPS) is 9.81. The molecule has 1 rings (SSSR count). The number of benzene rings is 1. The van der Waals surface area contributed by atoms with E-state index in [0.717, 1.165) is 12.1 Å². The summed E-state index contributed by atoms with van der Waals surface area (Å²) in [6.45, 7) is 2.50. The molecule has 0 aliphatic heterocycles. The predicted octanol–water partition coefficient (Wildman–Crippen LogP) is 0.832. The molecule has 0 radical (unpaired) electrons. The van der Waals surface area contributed by atoms with E-state index in [2.05, 4.69) is 10.9 Å². The highest BCUT2D eigenvalue weighted by atomic mass is 32.3. The van der Waals surface area contributed by atoms with Crippen molar-refractivity contribution in [1.29, 1.82) is 5.41 Å². The van der Waals surface area contributed by atoms with E-state index in [4.69, 9.17) is 15.1 Å². The fraction of sp³-hybridized carbons (Fsp3) is 0. The van der Waals surface area contributed by atoms with Crippen molar-refractivity contribution in [2.24, 2.45) is 0 Å². The molecule has 88 valence electrons. The van der Waals surface area contributed by atoms with Crippen molar-refractivity contribution in [3.63, 3.8) is 0 Å². The Bertz CT molecular complexity index is 469. The third-order valence-corrected chi connectivity index (χ3v) is 1.70. The molecule has 1 aromatic rings. The molecule has 0 aromatic heterocycles. The molecule has 16 heavy (non-hydrogen) atoms. The topological polar surface area (TPSA) is 125 Å². The second-order valence-corrected chi connectivity index (χ2v) is 3.33. The lowest BCUT2D eigenvalue weighted by Gasteiger charge is -2.03. The summed E-state index contributed by atoms with van der Waals surface area (Å²) in [4.78, 5) is 10.6. The molecule has 0 spiro atoms. The molecule has 1 aromatic carbocycles. The second-order valence-electron chi connectivity index (χ2n) is 2.31. The molecule has 0 amide bonds. The molecule has 3 N–H and O–H groups in total. The van der Waals surface area contributed by atoms with Gasteiger partial charge in [0.05, 0.1) is 0 Å². The van der Waals surface area contributed by atoms with Crippen LogP contribution in [0.15, 0.2) is 24.3 Å². The molecule has 0 unspecified atom stereocenters. The Morgan fingerprint density at radius 3 is 2.25 bits per heavy atom. The average Bonchev–Trinajstić information content (AvgIpc) is 2.19. The van der Waals surface area contributed by atoms with E-state index < -0.39 is 22.1 Å². The Balaban J connectivity index is 0.00000106. The molecule has 0 aliphatic rings. The number of carboxylic acid groups (broad SMARTS) is 1. The highest BCUT2D eigenvalue weighted by Gasteiger charge is 2.15. The van der Waals surface area contributed by atoms with Gasteiger partial charge in [-0.1, -0.05) is 12.1 Å². The van der Waals surface area contributed by atoms with Gasteiger partial charge in [0.25, 0.3) is 0 Å². The molecule has 0 saturated heterocycles. The van der Waals surface area contributed by atoms with E-state index in [-0.39, 0.29) is 5.56 Å². The maximum absolute atomic E-state index is 10.6. The predicted molar refractivity (Wildman–Crippen MR) is 55.4 cm³/mol. The molecule has 0 heterocycles. The highest BCUT2D eigenvalue weighted by Crippen LogP contribution is 2.18. The summed E-state index contributed by atoms with van der Waals surface area (Å²) >= 11 is 0. The van der Waals surface area contributed by atoms with Gasteiger partial charge in [-0.25, -0.2) is 4.79 Å². The lowest BCUT2D eigenvalue weighted by molar-refractivity contribution is 0.0695. The van der Waals surface area contributed by atoms with Crippen LogP contribution in [-0.4, -0.2) is 30.8 Å². The van der Waals surface area contributed by atoms with E-state index in [9.17, 15) is 13.2 Å². The number of carboxylic acids is 1. The van der Waals surface area contributed by atoms with Gasteiger partial charge in [-0.15, -0.1) is 0 Å². The molecule has 0 saturated carbocycles. The zero-order valence-electron chi connectivity index (χ0n) is 7.95. The molecule has 0 bridgehead atoms. The van der Waals surface area contributed by atoms with Gasteiger partial charge in [0, 0.05) is 0 Å². The highest BCUT2D eigenvalue weighted by molar-refractivity contribution is 7.81. The van der Waals surface area contributed by atoms with E-state index in [1.165, 1.54) is 12.1 Å². The SMILES string of the molecule is C=N.O=C(O)c1ccccc1OS(=O)(=O)O. The number of hydrogen-bond acceptors (Lipinski definition) is 5. The van der Waals surface area contributed by atoms with Crippen LogP contribution in [0.2, 0.25) is 0 Å². The minimum atomic E-state index is -4.70. The average molecular weight is 247 g/mol. The van der Waals surface area contributed by atoms with Crippen molar-refractivity contribution < 1.29 is 27.1 Å². The van der Waals surface area contributed by atoms with Crippen LogP contribution in [0.3, 0.4) is 0 Å². The van der Waals surface area contributed by atoms with Crippen molar-refractivity contribution >= 4 is 23.1 Å². The lowest BCUT2D eigenvalue weighted by atomic mass is 10.2. The van der Waals surface area contributed by atoms with Crippen molar-refractivity contribution in [2.45, 2.75) is 0 Å². The van der Waals surface area contributed by atoms with Crippen LogP contribution in [0.1, 0.15) is 10.4 Å². The fourth-order valence-electron chi connectivity index (χ4n) is 0.829. The summed E-state index contributed by atoms with van der Waals surface area (Å²) in [5, 5.41) is 14.1. The van der Waals surface area contributed by atoms with Gasteiger partial charge >= 0.3 is 16.4 Å². The van der Waals surface area contributed by atoms with Crippen LogP contribution in [-0.2, 0) is 10.4 Å². The van der Waals surface area contributed by atoms with Crippen molar-refractivity contribution in [3.8, 4) is 5.75 Å². The van der Waals surface area contributed by atoms with Gasteiger partial charge < -0.3 is 14.7 Å². The maximum atomic E-state index is 10.6. The van der Waals surface area contributed by atoms with E-state index in [0.29, 0.717) is 0 Å². The minimum absolute atomic E-state index is 0.342. The first-order chi connectivity index (χ1) is 7.40. The molecule has 0 fully saturated rings. The third kappa shape index (κ3) is 4.53. The van der Waals surface area contributed by atoms with Gasteiger partial charge in [0.15, 0.2) is 5.75 Å². The maximum Gasteiger partial charge on any atom is 0.446 e. The Hall–Kier alpha value is -1.93. The van der Waals surface area contributed by atoms with Gasteiger partial charge in [-0.3, -0.25) is 4.55 Å². The molecule has 0 atom stereocenters. The molecule has 7 nitrogen and oxygen atoms in total. The summed E-state index contributed by atoms with van der Waals surface area (Å²) in [7, 11) is -4.70. The molecule has 8 heteroatoms. The van der Waals surface area contributed by atoms with Crippen LogP contribution < -0.4 is 4.18 Å². The number of nitrogens with one attached hydrogen (secondary N) is 1. The summed E-state index contributed by atoms with van der Waals surface area (Å²) in [5.41, 5.74) is -0.342. The Morgan fingerprint density at radius 2 is 1.81 bits per heavy atom. The summed E-state index contributed by atoms with van der Waals surface area (Å²) in [6, 6.07) is 5.06. The van der Waals surface area contributed by atoms with Crippen molar-refractivity contribution in [1.82, 2.24) is 0 Å². The van der Waals surface area contributed by atoms with Crippen LogP contribution in [0.25, 0.3) is 0 Å². The van der Waals surface area contributed by atoms with Gasteiger partial charge in [0.2, 0.25) is 0 Å². The quantitative estimate of drug-likeness (QED) is 0.536. The first kappa shape index (κ1) is 14.1. The Kier molecular flexibility index (Phi) is 5.13. The zero-order valence-corrected chi connectivity index (χ0v) is 8.77. The van der Waals surface area contributed by atoms with Crippen molar-refractivity contribution in [3.05, 3.63) is 29.8 Å². The molecule has 0 aliphatic carbocycles. The smallest absolute Gasteiger partial charge is 0.446 e. The first-order valence-electron chi connectivity index (χ1n) is 3.75. The van der Waals surface area contributed by atoms with Crippen LogP contribution in [0.5, 0.6) is 5.75 Å². The first-order valence-corrected chi connectivity index (χ1v) is 5.11. The number of carbonyl (C=O) groups is 1. The fourth-order valence-corrected chi connectivity index (χ4v) is 1.20. The third-order valence-electron chi connectivity index (χ3n) is 1.31. The minimum Gasteiger partial charge on any atom is -0.478 e. The number of rotatable bonds is 3. The van der Waals surface area contributed by atoms with Gasteiger partial charge in [-0.2, -0.15) is 8.42 Å². The summed E-state index contributed by atoms with van der Waals surface area (Å²) < 4.78 is 33.0. The van der Waals surface area contributed by atoms with Gasteiger partial charge in [-0.05, 0) is 18.9 Å². The zero-order chi connectivity index (χ0) is 12.8. The molecular formula is C8H9NO6S. The summed E-state index contributed by atoms with van der Waals surface area (Å²) in [6.07, 6.45) is 0. The second kappa shape index (κ2) is 5.83. The van der Waals surface area contributed by atoms with E-state index >= 15 is 0 Å². The largest absolute Gasteiger partial charge is 0.478 e. The molecular weight excluding hydrogens is 238 g/mol.